The van der Waals surface area contributed by atoms with E-state index in [0.717, 1.165) is 12.8 Å². The number of benzene rings is 1. The van der Waals surface area contributed by atoms with Gasteiger partial charge in [-0.3, -0.25) is 9.59 Å². The van der Waals surface area contributed by atoms with Gasteiger partial charge < -0.3 is 15.0 Å². The molecule has 114 valence electrons. The topological polar surface area (TPSA) is 58.6 Å². The van der Waals surface area contributed by atoms with E-state index in [1.165, 1.54) is 5.56 Å². The highest BCUT2D eigenvalue weighted by Crippen LogP contribution is 2.05. The number of carbonyl (C=O) groups is 2. The number of nitrogens with one attached hydrogen (secondary N) is 1. The molecule has 1 atom stereocenters. The third-order valence-corrected chi connectivity index (χ3v) is 3.58. The van der Waals surface area contributed by atoms with E-state index in [-0.39, 0.29) is 6.04 Å². The van der Waals surface area contributed by atoms with E-state index in [2.05, 4.69) is 17.4 Å². The van der Waals surface area contributed by atoms with Crippen molar-refractivity contribution in [1.82, 2.24) is 10.2 Å². The van der Waals surface area contributed by atoms with Gasteiger partial charge in [-0.1, -0.05) is 30.3 Å². The van der Waals surface area contributed by atoms with Gasteiger partial charge in [-0.25, -0.2) is 0 Å². The van der Waals surface area contributed by atoms with E-state index in [4.69, 9.17) is 4.74 Å². The van der Waals surface area contributed by atoms with Crippen LogP contribution in [-0.4, -0.2) is 49.1 Å². The molecule has 1 fully saturated rings. The molecule has 2 amide bonds. The average molecular weight is 290 g/mol. The number of rotatable bonds is 4. The third kappa shape index (κ3) is 4.86. The third-order valence-electron chi connectivity index (χ3n) is 3.58. The van der Waals surface area contributed by atoms with Crippen LogP contribution in [0.1, 0.15) is 18.9 Å². The second kappa shape index (κ2) is 7.78. The van der Waals surface area contributed by atoms with Crippen molar-refractivity contribution in [3.8, 4) is 0 Å². The number of nitrogens with zero attached hydrogens (tertiary/aromatic N) is 1. The van der Waals surface area contributed by atoms with Crippen molar-refractivity contribution >= 4 is 11.8 Å². The van der Waals surface area contributed by atoms with Gasteiger partial charge in [-0.15, -0.1) is 0 Å². The molecule has 1 aliphatic rings. The number of aryl methyl sites for hydroxylation is 1. The van der Waals surface area contributed by atoms with Gasteiger partial charge in [0.05, 0.1) is 13.2 Å². The van der Waals surface area contributed by atoms with Crippen LogP contribution in [0.3, 0.4) is 0 Å². The van der Waals surface area contributed by atoms with Crippen LogP contribution < -0.4 is 5.32 Å². The predicted molar refractivity (Wildman–Crippen MR) is 79.8 cm³/mol. The number of carbonyl (C=O) groups excluding carboxylic acids is 2. The van der Waals surface area contributed by atoms with E-state index < -0.39 is 11.8 Å². The fraction of sp³-hybridized carbons (Fsp3) is 0.500. The van der Waals surface area contributed by atoms with Crippen molar-refractivity contribution in [2.75, 3.05) is 26.3 Å². The molecular formula is C16H22N2O3. The molecule has 0 unspecified atom stereocenters. The van der Waals surface area contributed by atoms with E-state index >= 15 is 0 Å². The largest absolute Gasteiger partial charge is 0.378 e. The molecule has 1 heterocycles. The minimum atomic E-state index is -0.516. The Kier molecular flexibility index (Phi) is 5.75. The summed E-state index contributed by atoms with van der Waals surface area (Å²) in [4.78, 5) is 25.4. The van der Waals surface area contributed by atoms with Crippen molar-refractivity contribution < 1.29 is 14.3 Å². The summed E-state index contributed by atoms with van der Waals surface area (Å²) >= 11 is 0. The monoisotopic (exact) mass is 290 g/mol. The zero-order valence-corrected chi connectivity index (χ0v) is 12.4. The van der Waals surface area contributed by atoms with Crippen molar-refractivity contribution in [2.45, 2.75) is 25.8 Å². The summed E-state index contributed by atoms with van der Waals surface area (Å²) < 4.78 is 5.17. The maximum atomic E-state index is 12.0. The second-order valence-electron chi connectivity index (χ2n) is 5.30. The Bertz CT molecular complexity index is 470. The molecular weight excluding hydrogens is 268 g/mol. The Balaban J connectivity index is 1.74. The van der Waals surface area contributed by atoms with Gasteiger partial charge in [0.1, 0.15) is 0 Å². The predicted octanol–water partition coefficient (Wildman–Crippen LogP) is 0.983. The molecule has 1 aliphatic heterocycles. The number of amides is 2. The summed E-state index contributed by atoms with van der Waals surface area (Å²) in [6, 6.07) is 10.1. The quantitative estimate of drug-likeness (QED) is 0.841. The normalized spacial score (nSPS) is 16.3. The van der Waals surface area contributed by atoms with Gasteiger partial charge in [-0.2, -0.15) is 0 Å². The van der Waals surface area contributed by atoms with E-state index in [1.54, 1.807) is 4.90 Å². The number of hydrogen-bond donors (Lipinski definition) is 1. The average Bonchev–Trinajstić information content (AvgIpc) is 2.54. The van der Waals surface area contributed by atoms with Crippen LogP contribution in [0.25, 0.3) is 0 Å². The molecule has 0 bridgehead atoms. The Morgan fingerprint density at radius 2 is 1.90 bits per heavy atom. The van der Waals surface area contributed by atoms with Crippen LogP contribution in [0, 0.1) is 0 Å². The lowest BCUT2D eigenvalue weighted by Gasteiger charge is -2.26. The second-order valence-corrected chi connectivity index (χ2v) is 5.30. The first-order chi connectivity index (χ1) is 10.2. The summed E-state index contributed by atoms with van der Waals surface area (Å²) in [6.45, 7) is 3.91. The first kappa shape index (κ1) is 15.5. The first-order valence-corrected chi connectivity index (χ1v) is 7.38. The first-order valence-electron chi connectivity index (χ1n) is 7.38. The lowest BCUT2D eigenvalue weighted by molar-refractivity contribution is -0.148. The molecule has 5 heteroatoms. The molecule has 0 aliphatic carbocycles. The number of morpholine rings is 1. The molecule has 1 saturated heterocycles. The summed E-state index contributed by atoms with van der Waals surface area (Å²) in [5, 5.41) is 2.78. The smallest absolute Gasteiger partial charge is 0.312 e. The van der Waals surface area contributed by atoms with Crippen LogP contribution in [-0.2, 0) is 20.7 Å². The van der Waals surface area contributed by atoms with Crippen LogP contribution >= 0.6 is 0 Å². The number of hydrogen-bond acceptors (Lipinski definition) is 3. The minimum Gasteiger partial charge on any atom is -0.378 e. The minimum absolute atomic E-state index is 0.0253. The molecule has 2 rings (SSSR count). The zero-order valence-electron chi connectivity index (χ0n) is 12.4. The Morgan fingerprint density at radius 1 is 1.24 bits per heavy atom. The highest BCUT2D eigenvalue weighted by Gasteiger charge is 2.24. The fourth-order valence-corrected chi connectivity index (χ4v) is 2.30. The van der Waals surface area contributed by atoms with E-state index in [1.807, 2.05) is 25.1 Å². The summed E-state index contributed by atoms with van der Waals surface area (Å²) in [5.74, 6) is -0.970. The molecule has 1 aromatic carbocycles. The number of ether oxygens (including phenoxy) is 1. The molecule has 5 nitrogen and oxygen atoms in total. The molecule has 0 saturated carbocycles. The van der Waals surface area contributed by atoms with Crippen molar-refractivity contribution in [2.24, 2.45) is 0 Å². The van der Waals surface area contributed by atoms with Crippen LogP contribution in [0.4, 0.5) is 0 Å². The maximum absolute atomic E-state index is 12.0. The molecule has 0 spiro atoms. The molecule has 1 N–H and O–H groups in total. The lowest BCUT2D eigenvalue weighted by atomic mass is 10.1. The van der Waals surface area contributed by atoms with Gasteiger partial charge in [-0.05, 0) is 25.3 Å². The SMILES string of the molecule is C[C@H](CCc1ccccc1)NC(=O)C(=O)N1CCOCC1. The Morgan fingerprint density at radius 3 is 2.57 bits per heavy atom. The standard InChI is InChI=1S/C16H22N2O3/c1-13(7-8-14-5-3-2-4-6-14)17-15(19)16(20)18-9-11-21-12-10-18/h2-6,13H,7-12H2,1H3,(H,17,19)/t13-/m1/s1. The Hall–Kier alpha value is -1.88. The summed E-state index contributed by atoms with van der Waals surface area (Å²) in [7, 11) is 0. The summed E-state index contributed by atoms with van der Waals surface area (Å²) in [5.41, 5.74) is 1.23. The van der Waals surface area contributed by atoms with Crippen molar-refractivity contribution in [3.05, 3.63) is 35.9 Å². The van der Waals surface area contributed by atoms with Gasteiger partial charge in [0, 0.05) is 19.1 Å². The fourth-order valence-electron chi connectivity index (χ4n) is 2.30. The molecule has 0 radical (unpaired) electrons. The van der Waals surface area contributed by atoms with Gasteiger partial charge in [0.25, 0.3) is 0 Å². The van der Waals surface area contributed by atoms with Crippen LogP contribution in [0.2, 0.25) is 0 Å². The highest BCUT2D eigenvalue weighted by molar-refractivity contribution is 6.35. The molecule has 1 aromatic rings. The molecule has 0 aromatic heterocycles. The Labute approximate surface area is 125 Å². The van der Waals surface area contributed by atoms with Crippen molar-refractivity contribution in [1.29, 1.82) is 0 Å². The van der Waals surface area contributed by atoms with Gasteiger partial charge in [0.2, 0.25) is 0 Å². The highest BCUT2D eigenvalue weighted by atomic mass is 16.5. The van der Waals surface area contributed by atoms with Gasteiger partial charge in [0.15, 0.2) is 0 Å². The van der Waals surface area contributed by atoms with Gasteiger partial charge >= 0.3 is 11.8 Å². The zero-order chi connectivity index (χ0) is 15.1. The maximum Gasteiger partial charge on any atom is 0.312 e. The molecule has 21 heavy (non-hydrogen) atoms. The van der Waals surface area contributed by atoms with Crippen LogP contribution in [0.15, 0.2) is 30.3 Å². The van der Waals surface area contributed by atoms with Crippen molar-refractivity contribution in [3.63, 3.8) is 0 Å². The van der Waals surface area contributed by atoms with E-state index in [0.29, 0.717) is 26.3 Å². The lowest BCUT2D eigenvalue weighted by Crippen LogP contribution is -2.49. The van der Waals surface area contributed by atoms with Crippen LogP contribution in [0.5, 0.6) is 0 Å². The summed E-state index contributed by atoms with van der Waals surface area (Å²) in [6.07, 6.45) is 1.69. The van der Waals surface area contributed by atoms with E-state index in [9.17, 15) is 9.59 Å².